The summed E-state index contributed by atoms with van der Waals surface area (Å²) in [6.45, 7) is 0.359. The zero-order valence-electron chi connectivity index (χ0n) is 13.8. The van der Waals surface area contributed by atoms with Crippen LogP contribution in [0.4, 0.5) is 4.39 Å². The highest BCUT2D eigenvalue weighted by Gasteiger charge is 2.31. The van der Waals surface area contributed by atoms with E-state index in [0.717, 1.165) is 5.69 Å². The van der Waals surface area contributed by atoms with Crippen LogP contribution in [0.1, 0.15) is 30.1 Å². The van der Waals surface area contributed by atoms with Crippen molar-refractivity contribution in [2.45, 2.75) is 31.5 Å². The molecule has 1 aromatic heterocycles. The first-order chi connectivity index (χ1) is 11.6. The lowest BCUT2D eigenvalue weighted by molar-refractivity contribution is -0.124. The predicted molar refractivity (Wildman–Crippen MR) is 86.9 cm³/mol. The van der Waals surface area contributed by atoms with Crippen molar-refractivity contribution in [1.82, 2.24) is 20.2 Å². The SMILES string of the molecule is COc1cccc(CN[C@@H]2CCC(=O)N[C@H]2c2cncn2C)c1F. The molecule has 2 atom stereocenters. The normalized spacial score (nSPS) is 20.7. The predicted octanol–water partition coefficient (Wildman–Crippen LogP) is 1.68. The Morgan fingerprint density at radius 2 is 2.33 bits per heavy atom. The van der Waals surface area contributed by atoms with Crippen LogP contribution in [0.2, 0.25) is 0 Å². The van der Waals surface area contributed by atoms with Crippen molar-refractivity contribution in [3.63, 3.8) is 0 Å². The van der Waals surface area contributed by atoms with Crippen LogP contribution in [0.25, 0.3) is 0 Å². The maximum absolute atomic E-state index is 14.3. The van der Waals surface area contributed by atoms with Gasteiger partial charge >= 0.3 is 0 Å². The van der Waals surface area contributed by atoms with E-state index in [-0.39, 0.29) is 29.6 Å². The number of hydrogen-bond acceptors (Lipinski definition) is 4. The van der Waals surface area contributed by atoms with Crippen molar-refractivity contribution in [1.29, 1.82) is 0 Å². The molecule has 7 heteroatoms. The summed E-state index contributed by atoms with van der Waals surface area (Å²) < 4.78 is 21.2. The fourth-order valence-corrected chi connectivity index (χ4v) is 3.06. The number of methoxy groups -OCH3 is 1. The molecule has 0 unspecified atom stereocenters. The molecule has 2 aromatic rings. The number of halogens is 1. The molecular formula is C17H21FN4O2. The second kappa shape index (κ2) is 7.00. The number of aromatic nitrogens is 2. The summed E-state index contributed by atoms with van der Waals surface area (Å²) in [6.07, 6.45) is 4.59. The Kier molecular flexibility index (Phi) is 4.80. The van der Waals surface area contributed by atoms with Gasteiger partial charge in [0.25, 0.3) is 0 Å². The highest BCUT2D eigenvalue weighted by Crippen LogP contribution is 2.25. The Hall–Kier alpha value is -2.41. The number of carbonyl (C=O) groups is 1. The van der Waals surface area contributed by atoms with Gasteiger partial charge < -0.3 is 19.9 Å². The second-order valence-electron chi connectivity index (χ2n) is 5.93. The molecule has 0 aliphatic carbocycles. The molecule has 0 radical (unpaired) electrons. The smallest absolute Gasteiger partial charge is 0.220 e. The summed E-state index contributed by atoms with van der Waals surface area (Å²) in [6, 6.07) is 4.90. The molecule has 1 aliphatic rings. The molecule has 0 saturated carbocycles. The molecule has 1 saturated heterocycles. The van der Waals surface area contributed by atoms with Gasteiger partial charge in [0.05, 0.1) is 31.4 Å². The highest BCUT2D eigenvalue weighted by atomic mass is 19.1. The number of ether oxygens (including phenoxy) is 1. The minimum atomic E-state index is -0.357. The summed E-state index contributed by atoms with van der Waals surface area (Å²) in [5.74, 6) is -0.106. The molecule has 0 spiro atoms. The van der Waals surface area contributed by atoms with Crippen molar-refractivity contribution >= 4 is 5.91 Å². The van der Waals surface area contributed by atoms with Gasteiger partial charge in [0.15, 0.2) is 11.6 Å². The maximum Gasteiger partial charge on any atom is 0.220 e. The number of nitrogens with zero attached hydrogens (tertiary/aromatic N) is 2. The summed E-state index contributed by atoms with van der Waals surface area (Å²) >= 11 is 0. The lowest BCUT2D eigenvalue weighted by Crippen LogP contribution is -2.48. The van der Waals surface area contributed by atoms with Gasteiger partial charge in [-0.25, -0.2) is 9.37 Å². The Morgan fingerprint density at radius 3 is 3.04 bits per heavy atom. The summed E-state index contributed by atoms with van der Waals surface area (Å²) in [7, 11) is 3.34. The third-order valence-corrected chi connectivity index (χ3v) is 4.39. The number of amides is 1. The van der Waals surface area contributed by atoms with Gasteiger partial charge in [0.1, 0.15) is 0 Å². The first kappa shape index (κ1) is 16.4. The van der Waals surface area contributed by atoms with E-state index in [2.05, 4.69) is 15.6 Å². The average molecular weight is 332 g/mol. The summed E-state index contributed by atoms with van der Waals surface area (Å²) in [5.41, 5.74) is 1.46. The number of aryl methyl sites for hydroxylation is 1. The standard InChI is InChI=1S/C17H21FN4O2/c1-22-10-19-9-13(22)17-12(6-7-15(23)21-17)20-8-11-4-3-5-14(24-2)16(11)18/h3-5,9-10,12,17,20H,6-8H2,1-2H3,(H,21,23)/t12-,17-/m1/s1. The van der Waals surface area contributed by atoms with Gasteiger partial charge in [-0.1, -0.05) is 12.1 Å². The number of nitrogens with one attached hydrogen (secondary N) is 2. The lowest BCUT2D eigenvalue weighted by atomic mass is 9.95. The van der Waals surface area contributed by atoms with Crippen LogP contribution in [0.15, 0.2) is 30.7 Å². The first-order valence-corrected chi connectivity index (χ1v) is 7.90. The zero-order valence-corrected chi connectivity index (χ0v) is 13.8. The van der Waals surface area contributed by atoms with E-state index in [9.17, 15) is 9.18 Å². The minimum Gasteiger partial charge on any atom is -0.494 e. The van der Waals surface area contributed by atoms with E-state index in [1.165, 1.54) is 7.11 Å². The quantitative estimate of drug-likeness (QED) is 0.874. The molecule has 1 fully saturated rings. The molecule has 0 bridgehead atoms. The zero-order chi connectivity index (χ0) is 17.1. The van der Waals surface area contributed by atoms with Gasteiger partial charge in [0, 0.05) is 31.6 Å². The molecule has 1 aliphatic heterocycles. The minimum absolute atomic E-state index is 0.00343. The van der Waals surface area contributed by atoms with Crippen LogP contribution >= 0.6 is 0 Å². The number of benzene rings is 1. The first-order valence-electron chi connectivity index (χ1n) is 7.90. The third kappa shape index (κ3) is 3.26. The largest absolute Gasteiger partial charge is 0.494 e. The van der Waals surface area contributed by atoms with Crippen LogP contribution in [0.5, 0.6) is 5.75 Å². The van der Waals surface area contributed by atoms with Crippen LogP contribution in [-0.2, 0) is 18.4 Å². The number of hydrogen-bond donors (Lipinski definition) is 2. The van der Waals surface area contributed by atoms with Crippen molar-refractivity contribution in [2.24, 2.45) is 7.05 Å². The molecular weight excluding hydrogens is 311 g/mol. The topological polar surface area (TPSA) is 68.2 Å². The fourth-order valence-electron chi connectivity index (χ4n) is 3.06. The molecule has 6 nitrogen and oxygen atoms in total. The molecule has 3 rings (SSSR count). The van der Waals surface area contributed by atoms with Crippen LogP contribution in [0.3, 0.4) is 0 Å². The van der Waals surface area contributed by atoms with Crippen molar-refractivity contribution in [2.75, 3.05) is 7.11 Å². The van der Waals surface area contributed by atoms with Gasteiger partial charge in [0.2, 0.25) is 5.91 Å². The van der Waals surface area contributed by atoms with Crippen molar-refractivity contribution < 1.29 is 13.9 Å². The summed E-state index contributed by atoms with van der Waals surface area (Å²) in [5, 5.41) is 6.37. The molecule has 2 N–H and O–H groups in total. The monoisotopic (exact) mass is 332 g/mol. The highest BCUT2D eigenvalue weighted by molar-refractivity contribution is 5.77. The molecule has 1 amide bonds. The molecule has 2 heterocycles. The number of rotatable bonds is 5. The van der Waals surface area contributed by atoms with E-state index < -0.39 is 0 Å². The Labute approximate surface area is 140 Å². The van der Waals surface area contributed by atoms with Gasteiger partial charge in [-0.05, 0) is 12.5 Å². The number of piperidine rings is 1. The molecule has 128 valence electrons. The Bertz CT molecular complexity index is 731. The van der Waals surface area contributed by atoms with Crippen LogP contribution in [-0.4, -0.2) is 28.6 Å². The van der Waals surface area contributed by atoms with E-state index >= 15 is 0 Å². The molecule has 24 heavy (non-hydrogen) atoms. The second-order valence-corrected chi connectivity index (χ2v) is 5.93. The van der Waals surface area contributed by atoms with Crippen molar-refractivity contribution in [3.05, 3.63) is 47.8 Å². The Balaban J connectivity index is 1.75. The van der Waals surface area contributed by atoms with Gasteiger partial charge in [-0.15, -0.1) is 0 Å². The third-order valence-electron chi connectivity index (χ3n) is 4.39. The van der Waals surface area contributed by atoms with E-state index in [1.807, 2.05) is 11.6 Å². The van der Waals surface area contributed by atoms with Crippen LogP contribution < -0.4 is 15.4 Å². The van der Waals surface area contributed by atoms with E-state index in [1.54, 1.807) is 30.7 Å². The number of imidazole rings is 1. The van der Waals surface area contributed by atoms with Crippen LogP contribution in [0, 0.1) is 5.82 Å². The molecule has 1 aromatic carbocycles. The van der Waals surface area contributed by atoms with Crippen molar-refractivity contribution in [3.8, 4) is 5.75 Å². The fraction of sp³-hybridized carbons (Fsp3) is 0.412. The average Bonchev–Trinajstić information content (AvgIpc) is 3.00. The maximum atomic E-state index is 14.3. The van der Waals surface area contributed by atoms with E-state index in [4.69, 9.17) is 4.74 Å². The van der Waals surface area contributed by atoms with E-state index in [0.29, 0.717) is 24.9 Å². The lowest BCUT2D eigenvalue weighted by Gasteiger charge is -2.33. The summed E-state index contributed by atoms with van der Waals surface area (Å²) in [4.78, 5) is 15.9. The van der Waals surface area contributed by atoms with Gasteiger partial charge in [-0.2, -0.15) is 0 Å². The Morgan fingerprint density at radius 1 is 1.50 bits per heavy atom. The van der Waals surface area contributed by atoms with Gasteiger partial charge in [-0.3, -0.25) is 4.79 Å². The number of carbonyl (C=O) groups excluding carboxylic acids is 1.